The summed E-state index contributed by atoms with van der Waals surface area (Å²) in [4.78, 5) is 17.7. The number of nitrogens with zero attached hydrogens (tertiary/aromatic N) is 3. The second-order valence-electron chi connectivity index (χ2n) is 8.66. The van der Waals surface area contributed by atoms with Crippen molar-refractivity contribution in [2.75, 3.05) is 31.7 Å². The number of ether oxygens (including phenoxy) is 1. The predicted octanol–water partition coefficient (Wildman–Crippen LogP) is 5.40. The Hall–Kier alpha value is -3.12. The molecule has 0 radical (unpaired) electrons. The van der Waals surface area contributed by atoms with Crippen LogP contribution in [0.4, 0.5) is 5.88 Å². The molecule has 6 nitrogen and oxygen atoms in total. The van der Waals surface area contributed by atoms with Crippen LogP contribution in [0, 0.1) is 0 Å². The molecule has 0 aliphatic carbocycles. The Morgan fingerprint density at radius 2 is 1.85 bits per heavy atom. The summed E-state index contributed by atoms with van der Waals surface area (Å²) in [5, 5.41) is 4.50. The zero-order chi connectivity index (χ0) is 23.0. The first kappa shape index (κ1) is 23.1. The number of rotatable bonds is 9. The van der Waals surface area contributed by atoms with Crippen LogP contribution in [-0.4, -0.2) is 48.8 Å². The van der Waals surface area contributed by atoms with E-state index in [4.69, 9.17) is 9.26 Å². The lowest BCUT2D eigenvalue weighted by molar-refractivity contribution is 0.0724. The second kappa shape index (κ2) is 11.1. The van der Waals surface area contributed by atoms with Crippen molar-refractivity contribution < 1.29 is 14.1 Å². The Morgan fingerprint density at radius 1 is 1.12 bits per heavy atom. The fourth-order valence-corrected chi connectivity index (χ4v) is 4.50. The van der Waals surface area contributed by atoms with Gasteiger partial charge in [-0.2, -0.15) is 0 Å². The molecule has 2 heterocycles. The van der Waals surface area contributed by atoms with Crippen LogP contribution >= 0.6 is 0 Å². The number of carbonyl (C=O) groups excluding carboxylic acids is 1. The van der Waals surface area contributed by atoms with Gasteiger partial charge in [0.15, 0.2) is 0 Å². The van der Waals surface area contributed by atoms with Gasteiger partial charge in [-0.05, 0) is 44.7 Å². The summed E-state index contributed by atoms with van der Waals surface area (Å²) < 4.78 is 11.2. The van der Waals surface area contributed by atoms with Crippen molar-refractivity contribution in [2.24, 2.45) is 0 Å². The van der Waals surface area contributed by atoms with E-state index in [0.29, 0.717) is 31.3 Å². The normalized spacial score (nSPS) is 16.1. The molecule has 1 aromatic heterocycles. The lowest BCUT2D eigenvalue weighted by atomic mass is 10.0. The SMILES string of the molecule is COCCCN(Cc1c(-c2ccccc2)noc1N1CCCCC1C)C(=O)c1ccccc1. The summed E-state index contributed by atoms with van der Waals surface area (Å²) in [5.41, 5.74) is 3.45. The van der Waals surface area contributed by atoms with Crippen molar-refractivity contribution >= 4 is 11.8 Å². The Morgan fingerprint density at radius 3 is 2.55 bits per heavy atom. The Kier molecular flexibility index (Phi) is 7.79. The van der Waals surface area contributed by atoms with E-state index in [1.807, 2.05) is 65.6 Å². The molecular formula is C27H33N3O3. The third kappa shape index (κ3) is 5.45. The molecule has 1 aliphatic rings. The van der Waals surface area contributed by atoms with Crippen LogP contribution in [0.2, 0.25) is 0 Å². The zero-order valence-electron chi connectivity index (χ0n) is 19.6. The van der Waals surface area contributed by atoms with Crippen molar-refractivity contribution in [3.05, 3.63) is 71.8 Å². The number of amides is 1. The van der Waals surface area contributed by atoms with Gasteiger partial charge in [-0.3, -0.25) is 4.79 Å². The van der Waals surface area contributed by atoms with Crippen LogP contribution in [0.3, 0.4) is 0 Å². The predicted molar refractivity (Wildman–Crippen MR) is 130 cm³/mol. The molecule has 1 unspecified atom stereocenters. The molecule has 174 valence electrons. The van der Waals surface area contributed by atoms with Gasteiger partial charge in [-0.25, -0.2) is 0 Å². The van der Waals surface area contributed by atoms with Crippen LogP contribution in [0.15, 0.2) is 65.2 Å². The van der Waals surface area contributed by atoms with E-state index in [1.54, 1.807) is 7.11 Å². The largest absolute Gasteiger partial charge is 0.385 e. The molecule has 4 rings (SSSR count). The van der Waals surface area contributed by atoms with Crippen LogP contribution in [0.1, 0.15) is 48.5 Å². The van der Waals surface area contributed by atoms with Crippen molar-refractivity contribution in [3.8, 4) is 11.3 Å². The molecular weight excluding hydrogens is 414 g/mol. The zero-order valence-corrected chi connectivity index (χ0v) is 19.6. The van der Waals surface area contributed by atoms with Crippen molar-refractivity contribution in [1.29, 1.82) is 0 Å². The molecule has 1 saturated heterocycles. The fourth-order valence-electron chi connectivity index (χ4n) is 4.50. The minimum absolute atomic E-state index is 0.00422. The average molecular weight is 448 g/mol. The van der Waals surface area contributed by atoms with Crippen molar-refractivity contribution in [2.45, 2.75) is 45.2 Å². The minimum atomic E-state index is 0.00422. The highest BCUT2D eigenvalue weighted by atomic mass is 16.5. The van der Waals surface area contributed by atoms with Crippen LogP contribution in [0.25, 0.3) is 11.3 Å². The van der Waals surface area contributed by atoms with E-state index in [2.05, 4.69) is 17.0 Å². The van der Waals surface area contributed by atoms with Crippen molar-refractivity contribution in [3.63, 3.8) is 0 Å². The number of methoxy groups -OCH3 is 1. The highest BCUT2D eigenvalue weighted by Gasteiger charge is 2.29. The van der Waals surface area contributed by atoms with Gasteiger partial charge in [0.1, 0.15) is 5.69 Å². The van der Waals surface area contributed by atoms with Gasteiger partial charge in [-0.15, -0.1) is 0 Å². The molecule has 0 N–H and O–H groups in total. The molecule has 1 atom stereocenters. The number of aromatic nitrogens is 1. The maximum Gasteiger partial charge on any atom is 0.254 e. The maximum absolute atomic E-state index is 13.5. The van der Waals surface area contributed by atoms with Gasteiger partial charge >= 0.3 is 0 Å². The Labute approximate surface area is 196 Å². The topological polar surface area (TPSA) is 58.8 Å². The summed E-state index contributed by atoms with van der Waals surface area (Å²) >= 11 is 0. The fraction of sp³-hybridized carbons (Fsp3) is 0.407. The number of piperidine rings is 1. The monoisotopic (exact) mass is 447 g/mol. The second-order valence-corrected chi connectivity index (χ2v) is 8.66. The lowest BCUT2D eigenvalue weighted by Gasteiger charge is -2.34. The number of hydrogen-bond acceptors (Lipinski definition) is 5. The minimum Gasteiger partial charge on any atom is -0.385 e. The molecule has 33 heavy (non-hydrogen) atoms. The number of benzene rings is 2. The van der Waals surface area contributed by atoms with E-state index in [1.165, 1.54) is 6.42 Å². The molecule has 0 bridgehead atoms. The highest BCUT2D eigenvalue weighted by molar-refractivity contribution is 5.94. The average Bonchev–Trinajstić information content (AvgIpc) is 3.27. The van der Waals surface area contributed by atoms with E-state index in [9.17, 15) is 4.79 Å². The summed E-state index contributed by atoms with van der Waals surface area (Å²) in [6, 6.07) is 19.9. The molecule has 2 aromatic carbocycles. The summed E-state index contributed by atoms with van der Waals surface area (Å²) in [5.74, 6) is 0.795. The van der Waals surface area contributed by atoms with Crippen molar-refractivity contribution in [1.82, 2.24) is 10.1 Å². The molecule has 1 amide bonds. The highest BCUT2D eigenvalue weighted by Crippen LogP contribution is 2.35. The van der Waals surface area contributed by atoms with Gasteiger partial charge in [0.05, 0.1) is 12.1 Å². The molecule has 1 aliphatic heterocycles. The van der Waals surface area contributed by atoms with E-state index >= 15 is 0 Å². The van der Waals surface area contributed by atoms with Crippen LogP contribution in [-0.2, 0) is 11.3 Å². The summed E-state index contributed by atoms with van der Waals surface area (Å²) in [6.45, 7) is 4.80. The third-order valence-corrected chi connectivity index (χ3v) is 6.31. The van der Waals surface area contributed by atoms with Gasteiger partial charge < -0.3 is 19.1 Å². The van der Waals surface area contributed by atoms with Gasteiger partial charge in [0.25, 0.3) is 5.91 Å². The molecule has 1 fully saturated rings. The van der Waals surface area contributed by atoms with Crippen LogP contribution in [0.5, 0.6) is 0 Å². The Bertz CT molecular complexity index is 1020. The molecule has 3 aromatic rings. The molecule has 0 saturated carbocycles. The third-order valence-electron chi connectivity index (χ3n) is 6.31. The number of hydrogen-bond donors (Lipinski definition) is 0. The first-order chi connectivity index (χ1) is 16.2. The van der Waals surface area contributed by atoms with Gasteiger partial charge in [-0.1, -0.05) is 53.7 Å². The first-order valence-corrected chi connectivity index (χ1v) is 11.8. The number of anilines is 1. The quantitative estimate of drug-likeness (QED) is 0.411. The molecule has 6 heteroatoms. The lowest BCUT2D eigenvalue weighted by Crippen LogP contribution is -2.38. The van der Waals surface area contributed by atoms with Crippen LogP contribution < -0.4 is 4.90 Å². The van der Waals surface area contributed by atoms with E-state index < -0.39 is 0 Å². The number of carbonyl (C=O) groups is 1. The van der Waals surface area contributed by atoms with E-state index in [-0.39, 0.29) is 5.91 Å². The Balaban J connectivity index is 1.71. The van der Waals surface area contributed by atoms with Gasteiger partial charge in [0, 0.05) is 44.0 Å². The summed E-state index contributed by atoms with van der Waals surface area (Å²) in [7, 11) is 1.69. The summed E-state index contributed by atoms with van der Waals surface area (Å²) in [6.07, 6.45) is 4.24. The smallest absolute Gasteiger partial charge is 0.254 e. The first-order valence-electron chi connectivity index (χ1n) is 11.8. The maximum atomic E-state index is 13.5. The van der Waals surface area contributed by atoms with E-state index in [0.717, 1.165) is 48.5 Å². The van der Waals surface area contributed by atoms with Gasteiger partial charge in [0.2, 0.25) is 5.88 Å². The molecule has 0 spiro atoms. The standard InChI is InChI=1S/C27H33N3O3/c1-21-12-9-10-18-30(21)27-24(25(28-33-27)22-13-5-3-6-14-22)20-29(17-11-19-32-2)26(31)23-15-7-4-8-16-23/h3-8,13-16,21H,9-12,17-20H2,1-2H3.